The SMILES string of the molecule is CCCNCc1cnc(OCCC)cn1. The summed E-state index contributed by atoms with van der Waals surface area (Å²) in [5, 5.41) is 3.27. The van der Waals surface area contributed by atoms with Crippen LogP contribution >= 0.6 is 0 Å². The van der Waals surface area contributed by atoms with Gasteiger partial charge < -0.3 is 10.1 Å². The first-order valence-corrected chi connectivity index (χ1v) is 5.51. The lowest BCUT2D eigenvalue weighted by Gasteiger charge is -2.04. The van der Waals surface area contributed by atoms with Gasteiger partial charge in [0.1, 0.15) is 0 Å². The Morgan fingerprint density at radius 3 is 2.67 bits per heavy atom. The van der Waals surface area contributed by atoms with Crippen molar-refractivity contribution in [2.24, 2.45) is 0 Å². The summed E-state index contributed by atoms with van der Waals surface area (Å²) in [5.74, 6) is 0.607. The van der Waals surface area contributed by atoms with E-state index < -0.39 is 0 Å². The van der Waals surface area contributed by atoms with Crippen molar-refractivity contribution in [2.75, 3.05) is 13.2 Å². The maximum atomic E-state index is 5.34. The molecule has 0 atom stereocenters. The van der Waals surface area contributed by atoms with Crippen LogP contribution in [0.2, 0.25) is 0 Å². The molecule has 0 aliphatic rings. The van der Waals surface area contributed by atoms with E-state index in [0.717, 1.165) is 31.6 Å². The van der Waals surface area contributed by atoms with Crippen molar-refractivity contribution in [2.45, 2.75) is 33.2 Å². The highest BCUT2D eigenvalue weighted by molar-refractivity contribution is 5.06. The van der Waals surface area contributed by atoms with Gasteiger partial charge in [-0.3, -0.25) is 4.98 Å². The fraction of sp³-hybridized carbons (Fsp3) is 0.636. The highest BCUT2D eigenvalue weighted by atomic mass is 16.5. The van der Waals surface area contributed by atoms with Crippen molar-refractivity contribution in [3.05, 3.63) is 18.1 Å². The zero-order valence-electron chi connectivity index (χ0n) is 9.49. The van der Waals surface area contributed by atoms with E-state index in [9.17, 15) is 0 Å². The molecule has 0 radical (unpaired) electrons. The average Bonchev–Trinajstić information content (AvgIpc) is 2.28. The Morgan fingerprint density at radius 1 is 1.20 bits per heavy atom. The van der Waals surface area contributed by atoms with Gasteiger partial charge in [-0.05, 0) is 19.4 Å². The molecule has 4 nitrogen and oxygen atoms in total. The Labute approximate surface area is 91.1 Å². The molecule has 0 saturated carbocycles. The van der Waals surface area contributed by atoms with Gasteiger partial charge >= 0.3 is 0 Å². The minimum absolute atomic E-state index is 0.607. The van der Waals surface area contributed by atoms with Gasteiger partial charge in [-0.15, -0.1) is 0 Å². The minimum atomic E-state index is 0.607. The molecule has 0 bridgehead atoms. The third-order valence-electron chi connectivity index (χ3n) is 1.87. The van der Waals surface area contributed by atoms with Gasteiger partial charge in [0.05, 0.1) is 24.7 Å². The molecule has 4 heteroatoms. The molecule has 1 aromatic rings. The monoisotopic (exact) mass is 209 g/mol. The van der Waals surface area contributed by atoms with E-state index in [1.807, 2.05) is 0 Å². The molecule has 0 saturated heterocycles. The fourth-order valence-corrected chi connectivity index (χ4v) is 1.11. The zero-order chi connectivity index (χ0) is 10.9. The molecule has 0 fully saturated rings. The van der Waals surface area contributed by atoms with E-state index in [1.54, 1.807) is 12.4 Å². The number of ether oxygens (including phenoxy) is 1. The number of nitrogens with zero attached hydrogens (tertiary/aromatic N) is 2. The van der Waals surface area contributed by atoms with Crippen LogP contribution < -0.4 is 10.1 Å². The lowest BCUT2D eigenvalue weighted by atomic mass is 10.4. The molecular formula is C11H19N3O. The maximum Gasteiger partial charge on any atom is 0.232 e. The molecule has 15 heavy (non-hydrogen) atoms. The molecule has 0 amide bonds. The quantitative estimate of drug-likeness (QED) is 0.695. The van der Waals surface area contributed by atoms with Crippen LogP contribution in [0.5, 0.6) is 5.88 Å². The topological polar surface area (TPSA) is 47.0 Å². The lowest BCUT2D eigenvalue weighted by Crippen LogP contribution is -2.15. The summed E-state index contributed by atoms with van der Waals surface area (Å²) in [4.78, 5) is 8.42. The van der Waals surface area contributed by atoms with Crippen LogP contribution in [-0.2, 0) is 6.54 Å². The lowest BCUT2D eigenvalue weighted by molar-refractivity contribution is 0.303. The second kappa shape index (κ2) is 7.17. The fourth-order valence-electron chi connectivity index (χ4n) is 1.11. The second-order valence-corrected chi connectivity index (χ2v) is 3.37. The van der Waals surface area contributed by atoms with Crippen LogP contribution in [0.1, 0.15) is 32.4 Å². The first-order valence-electron chi connectivity index (χ1n) is 5.51. The highest BCUT2D eigenvalue weighted by Crippen LogP contribution is 2.04. The maximum absolute atomic E-state index is 5.34. The molecule has 1 N–H and O–H groups in total. The molecule has 1 rings (SSSR count). The summed E-state index contributed by atoms with van der Waals surface area (Å²) in [7, 11) is 0. The van der Waals surface area contributed by atoms with Crippen LogP contribution in [0.25, 0.3) is 0 Å². The Hall–Kier alpha value is -1.16. The van der Waals surface area contributed by atoms with Crippen LogP contribution in [-0.4, -0.2) is 23.1 Å². The normalized spacial score (nSPS) is 10.3. The molecule has 1 heterocycles. The van der Waals surface area contributed by atoms with Crippen LogP contribution in [0.4, 0.5) is 0 Å². The Kier molecular flexibility index (Phi) is 5.70. The van der Waals surface area contributed by atoms with Crippen molar-refractivity contribution < 1.29 is 4.74 Å². The van der Waals surface area contributed by atoms with Crippen molar-refractivity contribution in [3.8, 4) is 5.88 Å². The molecule has 0 aliphatic heterocycles. The average molecular weight is 209 g/mol. The van der Waals surface area contributed by atoms with Crippen LogP contribution in [0, 0.1) is 0 Å². The predicted molar refractivity (Wildman–Crippen MR) is 59.8 cm³/mol. The third-order valence-corrected chi connectivity index (χ3v) is 1.87. The van der Waals surface area contributed by atoms with E-state index >= 15 is 0 Å². The zero-order valence-corrected chi connectivity index (χ0v) is 9.49. The number of hydrogen-bond acceptors (Lipinski definition) is 4. The van der Waals surface area contributed by atoms with E-state index in [-0.39, 0.29) is 0 Å². The second-order valence-electron chi connectivity index (χ2n) is 3.37. The van der Waals surface area contributed by atoms with E-state index in [4.69, 9.17) is 4.74 Å². The highest BCUT2D eigenvalue weighted by Gasteiger charge is 1.97. The molecule has 0 unspecified atom stereocenters. The van der Waals surface area contributed by atoms with Gasteiger partial charge in [0.25, 0.3) is 0 Å². The summed E-state index contributed by atoms with van der Waals surface area (Å²) in [6.45, 7) is 6.68. The number of aromatic nitrogens is 2. The predicted octanol–water partition coefficient (Wildman–Crippen LogP) is 1.76. The molecule has 0 aliphatic carbocycles. The van der Waals surface area contributed by atoms with Crippen molar-refractivity contribution >= 4 is 0 Å². The Balaban J connectivity index is 2.35. The molecule has 84 valence electrons. The summed E-state index contributed by atoms with van der Waals surface area (Å²) >= 11 is 0. The van der Waals surface area contributed by atoms with Crippen LogP contribution in [0.3, 0.4) is 0 Å². The number of nitrogens with one attached hydrogen (secondary N) is 1. The molecular weight excluding hydrogens is 190 g/mol. The smallest absolute Gasteiger partial charge is 0.232 e. The first kappa shape index (κ1) is 11.9. The molecule has 0 spiro atoms. The van der Waals surface area contributed by atoms with Gasteiger partial charge in [0.15, 0.2) is 0 Å². The van der Waals surface area contributed by atoms with Crippen molar-refractivity contribution in [1.82, 2.24) is 15.3 Å². The van der Waals surface area contributed by atoms with Gasteiger partial charge in [0, 0.05) is 6.54 Å². The van der Waals surface area contributed by atoms with E-state index in [2.05, 4.69) is 29.1 Å². The van der Waals surface area contributed by atoms with Crippen molar-refractivity contribution in [3.63, 3.8) is 0 Å². The summed E-state index contributed by atoms with van der Waals surface area (Å²) in [6.07, 6.45) is 5.55. The largest absolute Gasteiger partial charge is 0.477 e. The minimum Gasteiger partial charge on any atom is -0.477 e. The standard InChI is InChI=1S/C11H19N3O/c1-3-5-12-7-10-8-14-11(9-13-10)15-6-4-2/h8-9,12H,3-7H2,1-2H3. The van der Waals surface area contributed by atoms with Gasteiger partial charge in [-0.2, -0.15) is 0 Å². The molecule has 1 aromatic heterocycles. The molecule has 0 aromatic carbocycles. The first-order chi connectivity index (χ1) is 7.36. The van der Waals surface area contributed by atoms with E-state index in [1.165, 1.54) is 0 Å². The van der Waals surface area contributed by atoms with Crippen LogP contribution in [0.15, 0.2) is 12.4 Å². The van der Waals surface area contributed by atoms with Crippen molar-refractivity contribution in [1.29, 1.82) is 0 Å². The summed E-state index contributed by atoms with van der Waals surface area (Å²) in [5.41, 5.74) is 0.951. The Morgan fingerprint density at radius 2 is 2.07 bits per heavy atom. The van der Waals surface area contributed by atoms with Gasteiger partial charge in [-0.25, -0.2) is 4.98 Å². The van der Waals surface area contributed by atoms with E-state index in [0.29, 0.717) is 12.5 Å². The third kappa shape index (κ3) is 4.74. The number of rotatable bonds is 7. The Bertz CT molecular complexity index is 261. The number of hydrogen-bond donors (Lipinski definition) is 1. The summed E-state index contributed by atoms with van der Waals surface area (Å²) in [6, 6.07) is 0. The van der Waals surface area contributed by atoms with Gasteiger partial charge in [0.2, 0.25) is 5.88 Å². The van der Waals surface area contributed by atoms with Gasteiger partial charge in [-0.1, -0.05) is 13.8 Å². The summed E-state index contributed by atoms with van der Waals surface area (Å²) < 4.78 is 5.34.